The monoisotopic (exact) mass is 259 g/mol. The Hall–Kier alpha value is -0.160. The normalized spacial score (nSPS) is 29.7. The van der Waals surface area contributed by atoms with Crippen molar-refractivity contribution in [3.8, 4) is 0 Å². The third-order valence-corrected chi connectivity index (χ3v) is 3.88. The first kappa shape index (κ1) is 15.9. The largest absolute Gasteiger partial charge is 0.396 e. The summed E-state index contributed by atoms with van der Waals surface area (Å²) in [5.74, 6) is -0.200. The van der Waals surface area contributed by atoms with Crippen LogP contribution in [-0.2, 0) is 0 Å². The van der Waals surface area contributed by atoms with E-state index in [1.165, 1.54) is 32.1 Å². The molecule has 0 aliphatic carbocycles. The number of piperidine rings is 1. The summed E-state index contributed by atoms with van der Waals surface area (Å²) < 4.78 is 0. The second-order valence-electron chi connectivity index (χ2n) is 5.53. The molecule has 4 nitrogen and oxygen atoms in total. The van der Waals surface area contributed by atoms with Crippen molar-refractivity contribution in [1.29, 1.82) is 0 Å². The fourth-order valence-corrected chi connectivity index (χ4v) is 2.66. The van der Waals surface area contributed by atoms with Crippen LogP contribution in [0, 0.1) is 5.92 Å². The predicted octanol–water partition coefficient (Wildman–Crippen LogP) is 0.993. The molecule has 0 aromatic carbocycles. The Morgan fingerprint density at radius 1 is 1.00 bits per heavy atom. The van der Waals surface area contributed by atoms with E-state index in [1.54, 1.807) is 0 Å². The highest BCUT2D eigenvalue weighted by Crippen LogP contribution is 2.18. The third-order valence-electron chi connectivity index (χ3n) is 3.88. The summed E-state index contributed by atoms with van der Waals surface area (Å²) >= 11 is 0. The molecule has 0 spiro atoms. The first-order chi connectivity index (χ1) is 8.69. The fraction of sp³-hybridized carbons (Fsp3) is 1.00. The lowest BCUT2D eigenvalue weighted by molar-refractivity contribution is -0.0861. The maximum atomic E-state index is 9.72. The molecule has 0 aromatic rings. The molecule has 1 aliphatic heterocycles. The minimum absolute atomic E-state index is 0.0504. The Morgan fingerprint density at radius 2 is 1.67 bits per heavy atom. The predicted molar refractivity (Wildman–Crippen MR) is 72.4 cm³/mol. The summed E-state index contributed by atoms with van der Waals surface area (Å²) in [7, 11) is 0. The fourth-order valence-electron chi connectivity index (χ4n) is 2.66. The molecule has 3 unspecified atom stereocenters. The van der Waals surface area contributed by atoms with E-state index in [0.29, 0.717) is 13.1 Å². The zero-order valence-corrected chi connectivity index (χ0v) is 11.6. The van der Waals surface area contributed by atoms with Gasteiger partial charge in [0.05, 0.1) is 12.2 Å². The summed E-state index contributed by atoms with van der Waals surface area (Å²) in [6, 6.07) is 0. The van der Waals surface area contributed by atoms with Gasteiger partial charge in [-0.3, -0.25) is 0 Å². The van der Waals surface area contributed by atoms with Crippen molar-refractivity contribution in [3.05, 3.63) is 0 Å². The van der Waals surface area contributed by atoms with Crippen molar-refractivity contribution in [2.75, 3.05) is 26.2 Å². The number of rotatable bonds is 8. The van der Waals surface area contributed by atoms with Gasteiger partial charge in [0, 0.05) is 25.6 Å². The average Bonchev–Trinajstić information content (AvgIpc) is 2.37. The van der Waals surface area contributed by atoms with Crippen LogP contribution in [0.4, 0.5) is 0 Å². The van der Waals surface area contributed by atoms with E-state index in [9.17, 15) is 10.2 Å². The van der Waals surface area contributed by atoms with E-state index in [2.05, 4.69) is 11.8 Å². The maximum Gasteiger partial charge on any atom is 0.0929 e. The summed E-state index contributed by atoms with van der Waals surface area (Å²) in [6.45, 7) is 4.36. The SMILES string of the molecule is CCCCCCCCN1CC(O)C(O)C(CO)C1. The molecule has 1 fully saturated rings. The number of aliphatic hydroxyl groups excluding tert-OH is 3. The minimum Gasteiger partial charge on any atom is -0.396 e. The zero-order chi connectivity index (χ0) is 13.4. The second kappa shape index (κ2) is 8.86. The number of aliphatic hydroxyl groups is 3. The Balaban J connectivity index is 2.14. The molecule has 1 saturated heterocycles. The average molecular weight is 259 g/mol. The standard InChI is InChI=1S/C14H29NO3/c1-2-3-4-5-6-7-8-15-9-12(11-16)14(18)13(17)10-15/h12-14,16-18H,2-11H2,1H3. The van der Waals surface area contributed by atoms with Crippen LogP contribution >= 0.6 is 0 Å². The molecular weight excluding hydrogens is 230 g/mol. The minimum atomic E-state index is -0.768. The van der Waals surface area contributed by atoms with E-state index < -0.39 is 12.2 Å². The lowest BCUT2D eigenvalue weighted by atomic mass is 9.93. The van der Waals surface area contributed by atoms with Crippen LogP contribution in [-0.4, -0.2) is 58.7 Å². The molecule has 0 amide bonds. The van der Waals surface area contributed by atoms with Crippen molar-refractivity contribution in [1.82, 2.24) is 4.90 Å². The number of unbranched alkanes of at least 4 members (excludes halogenated alkanes) is 5. The number of likely N-dealkylation sites (tertiary alicyclic amines) is 1. The van der Waals surface area contributed by atoms with Gasteiger partial charge in [0.2, 0.25) is 0 Å². The molecule has 1 aliphatic rings. The lowest BCUT2D eigenvalue weighted by Gasteiger charge is -2.38. The van der Waals surface area contributed by atoms with Crippen LogP contribution in [0.5, 0.6) is 0 Å². The van der Waals surface area contributed by atoms with Crippen molar-refractivity contribution in [3.63, 3.8) is 0 Å². The van der Waals surface area contributed by atoms with Crippen LogP contribution in [0.1, 0.15) is 45.4 Å². The highest BCUT2D eigenvalue weighted by molar-refractivity contribution is 4.86. The molecule has 4 heteroatoms. The number of hydrogen-bond donors (Lipinski definition) is 3. The number of β-amino-alcohol motifs (C(OH)–C–C–N with tert-alkyl or cyclic N) is 1. The molecule has 0 bridgehead atoms. The van der Waals surface area contributed by atoms with E-state index in [0.717, 1.165) is 13.0 Å². The molecular formula is C14H29NO3. The smallest absolute Gasteiger partial charge is 0.0929 e. The molecule has 0 radical (unpaired) electrons. The van der Waals surface area contributed by atoms with Crippen LogP contribution in [0.2, 0.25) is 0 Å². The Morgan fingerprint density at radius 3 is 2.33 bits per heavy atom. The Bertz CT molecular complexity index is 213. The van der Waals surface area contributed by atoms with Gasteiger partial charge in [-0.1, -0.05) is 39.0 Å². The van der Waals surface area contributed by atoms with Gasteiger partial charge in [0.1, 0.15) is 0 Å². The summed E-state index contributed by atoms with van der Waals surface area (Å²) in [5.41, 5.74) is 0. The van der Waals surface area contributed by atoms with Gasteiger partial charge in [0.15, 0.2) is 0 Å². The highest BCUT2D eigenvalue weighted by atomic mass is 16.3. The van der Waals surface area contributed by atoms with Gasteiger partial charge in [0.25, 0.3) is 0 Å². The third kappa shape index (κ3) is 5.22. The number of nitrogens with zero attached hydrogens (tertiary/aromatic N) is 1. The molecule has 3 N–H and O–H groups in total. The maximum absolute atomic E-state index is 9.72. The van der Waals surface area contributed by atoms with Crippen LogP contribution in [0.3, 0.4) is 0 Å². The van der Waals surface area contributed by atoms with Gasteiger partial charge in [-0.05, 0) is 13.0 Å². The molecule has 1 rings (SSSR count). The molecule has 0 aromatic heterocycles. The first-order valence-electron chi connectivity index (χ1n) is 7.38. The Labute approximate surface area is 111 Å². The van der Waals surface area contributed by atoms with Crippen molar-refractivity contribution < 1.29 is 15.3 Å². The molecule has 108 valence electrons. The van der Waals surface area contributed by atoms with Crippen molar-refractivity contribution >= 4 is 0 Å². The summed E-state index contributed by atoms with van der Waals surface area (Å²) in [5, 5.41) is 28.6. The van der Waals surface area contributed by atoms with Crippen molar-refractivity contribution in [2.45, 2.75) is 57.7 Å². The highest BCUT2D eigenvalue weighted by Gasteiger charge is 2.33. The quantitative estimate of drug-likeness (QED) is 0.569. The summed E-state index contributed by atoms with van der Waals surface area (Å²) in [4.78, 5) is 2.16. The Kier molecular flexibility index (Phi) is 7.82. The topological polar surface area (TPSA) is 63.9 Å². The van der Waals surface area contributed by atoms with E-state index in [1.807, 2.05) is 0 Å². The molecule has 0 saturated carbocycles. The van der Waals surface area contributed by atoms with Gasteiger partial charge < -0.3 is 20.2 Å². The van der Waals surface area contributed by atoms with Gasteiger partial charge in [-0.2, -0.15) is 0 Å². The van der Waals surface area contributed by atoms with Gasteiger partial charge in [-0.25, -0.2) is 0 Å². The zero-order valence-electron chi connectivity index (χ0n) is 11.6. The van der Waals surface area contributed by atoms with Crippen LogP contribution in [0.25, 0.3) is 0 Å². The molecule has 1 heterocycles. The number of hydrogen-bond acceptors (Lipinski definition) is 4. The lowest BCUT2D eigenvalue weighted by Crippen LogP contribution is -2.53. The molecule has 18 heavy (non-hydrogen) atoms. The van der Waals surface area contributed by atoms with Gasteiger partial charge >= 0.3 is 0 Å². The molecule has 3 atom stereocenters. The van der Waals surface area contributed by atoms with Crippen molar-refractivity contribution in [2.24, 2.45) is 5.92 Å². The van der Waals surface area contributed by atoms with Crippen LogP contribution < -0.4 is 0 Å². The second-order valence-corrected chi connectivity index (χ2v) is 5.53. The van der Waals surface area contributed by atoms with E-state index >= 15 is 0 Å². The van der Waals surface area contributed by atoms with Crippen LogP contribution in [0.15, 0.2) is 0 Å². The van der Waals surface area contributed by atoms with E-state index in [4.69, 9.17) is 5.11 Å². The van der Waals surface area contributed by atoms with Gasteiger partial charge in [-0.15, -0.1) is 0 Å². The first-order valence-corrected chi connectivity index (χ1v) is 7.38. The summed E-state index contributed by atoms with van der Waals surface area (Å²) in [6.07, 6.45) is 6.10. The van der Waals surface area contributed by atoms with E-state index in [-0.39, 0.29) is 12.5 Å².